The maximum atomic E-state index is 11.7. The van der Waals surface area contributed by atoms with Crippen LogP contribution in [-0.2, 0) is 14.3 Å². The highest BCUT2D eigenvalue weighted by molar-refractivity contribution is 14.0. The molecular formula is C18H36IN3O3. The monoisotopic (exact) mass is 469 g/mol. The number of hydrogen-bond acceptors (Lipinski definition) is 4. The van der Waals surface area contributed by atoms with Gasteiger partial charge in [0.2, 0.25) is 0 Å². The van der Waals surface area contributed by atoms with E-state index in [9.17, 15) is 4.79 Å². The van der Waals surface area contributed by atoms with Gasteiger partial charge in [0.05, 0.1) is 0 Å². The van der Waals surface area contributed by atoms with E-state index < -0.39 is 0 Å². The number of hydrogen-bond donors (Lipinski definition) is 2. The normalized spacial score (nSPS) is 15.1. The van der Waals surface area contributed by atoms with E-state index in [1.54, 1.807) is 7.05 Å². The zero-order chi connectivity index (χ0) is 17.6. The second kappa shape index (κ2) is 15.7. The molecule has 0 saturated heterocycles. The van der Waals surface area contributed by atoms with Crippen LogP contribution in [0.2, 0.25) is 0 Å². The summed E-state index contributed by atoms with van der Waals surface area (Å²) in [5.41, 5.74) is 0. The Bertz CT molecular complexity index is 373. The van der Waals surface area contributed by atoms with E-state index in [-0.39, 0.29) is 36.0 Å². The Morgan fingerprint density at radius 2 is 1.80 bits per heavy atom. The minimum absolute atomic E-state index is 0. The minimum Gasteiger partial charge on any atom is -0.462 e. The Balaban J connectivity index is 0.00000576. The zero-order valence-electron chi connectivity index (χ0n) is 16.0. The van der Waals surface area contributed by atoms with Gasteiger partial charge in [0.15, 0.2) is 5.96 Å². The van der Waals surface area contributed by atoms with E-state index in [2.05, 4.69) is 29.5 Å². The summed E-state index contributed by atoms with van der Waals surface area (Å²) in [6.07, 6.45) is 6.75. The molecule has 0 aromatic rings. The Labute approximate surface area is 169 Å². The van der Waals surface area contributed by atoms with Crippen molar-refractivity contribution in [1.82, 2.24) is 10.6 Å². The predicted octanol–water partition coefficient (Wildman–Crippen LogP) is 3.10. The first-order valence-corrected chi connectivity index (χ1v) is 9.33. The average Bonchev–Trinajstić information content (AvgIpc) is 3.05. The summed E-state index contributed by atoms with van der Waals surface area (Å²) in [6, 6.07) is 0. The van der Waals surface area contributed by atoms with Crippen LogP contribution < -0.4 is 10.6 Å². The first-order valence-electron chi connectivity index (χ1n) is 9.33. The summed E-state index contributed by atoms with van der Waals surface area (Å²) < 4.78 is 11.0. The lowest BCUT2D eigenvalue weighted by atomic mass is 10.2. The number of carbonyl (C=O) groups excluding carboxylic acids is 1. The fourth-order valence-corrected chi connectivity index (χ4v) is 2.61. The third-order valence-corrected chi connectivity index (χ3v) is 3.88. The molecule has 0 radical (unpaired) electrons. The molecule has 0 aromatic heterocycles. The number of nitrogens with zero attached hydrogens (tertiary/aromatic N) is 1. The van der Waals surface area contributed by atoms with E-state index in [1.807, 2.05) is 0 Å². The van der Waals surface area contributed by atoms with Crippen molar-refractivity contribution in [3.05, 3.63) is 0 Å². The zero-order valence-corrected chi connectivity index (χ0v) is 18.3. The van der Waals surface area contributed by atoms with Crippen LogP contribution in [0.5, 0.6) is 0 Å². The molecule has 0 amide bonds. The average molecular weight is 469 g/mol. The molecule has 0 spiro atoms. The minimum atomic E-state index is -0.0750. The first-order chi connectivity index (χ1) is 11.6. The Morgan fingerprint density at radius 1 is 1.16 bits per heavy atom. The van der Waals surface area contributed by atoms with E-state index in [0.29, 0.717) is 18.9 Å². The molecule has 1 aliphatic rings. The van der Waals surface area contributed by atoms with Crippen molar-refractivity contribution in [3.8, 4) is 0 Å². The summed E-state index contributed by atoms with van der Waals surface area (Å²) in [5.74, 6) is 1.27. The predicted molar refractivity (Wildman–Crippen MR) is 113 cm³/mol. The van der Waals surface area contributed by atoms with E-state index in [4.69, 9.17) is 9.47 Å². The molecule has 0 aliphatic heterocycles. The van der Waals surface area contributed by atoms with Gasteiger partial charge in [-0.25, -0.2) is 0 Å². The Hall–Kier alpha value is -0.570. The molecule has 0 heterocycles. The van der Waals surface area contributed by atoms with Gasteiger partial charge in [0.25, 0.3) is 0 Å². The van der Waals surface area contributed by atoms with E-state index >= 15 is 0 Å². The van der Waals surface area contributed by atoms with Crippen LogP contribution in [0.4, 0.5) is 0 Å². The fourth-order valence-electron chi connectivity index (χ4n) is 2.61. The molecule has 6 nitrogen and oxygen atoms in total. The van der Waals surface area contributed by atoms with Crippen LogP contribution in [0.1, 0.15) is 58.8 Å². The third kappa shape index (κ3) is 13.3. The third-order valence-electron chi connectivity index (χ3n) is 3.88. The Morgan fingerprint density at radius 3 is 2.40 bits per heavy atom. The van der Waals surface area contributed by atoms with Crippen molar-refractivity contribution in [2.24, 2.45) is 10.9 Å². The molecule has 0 atom stereocenters. The van der Waals surface area contributed by atoms with Gasteiger partial charge in [-0.05, 0) is 44.4 Å². The second-order valence-corrected chi connectivity index (χ2v) is 6.75. The molecule has 1 fully saturated rings. The topological polar surface area (TPSA) is 72.0 Å². The van der Waals surface area contributed by atoms with Crippen molar-refractivity contribution in [2.75, 3.05) is 33.4 Å². The van der Waals surface area contributed by atoms with Crippen LogP contribution in [-0.4, -0.2) is 51.4 Å². The van der Waals surface area contributed by atoms with Crippen molar-refractivity contribution in [3.63, 3.8) is 0 Å². The number of guanidine groups is 1. The molecule has 0 aromatic carbocycles. The molecule has 0 unspecified atom stereocenters. The molecule has 148 valence electrons. The smallest absolute Gasteiger partial charge is 0.306 e. The summed E-state index contributed by atoms with van der Waals surface area (Å²) in [5, 5.41) is 6.46. The van der Waals surface area contributed by atoms with Crippen LogP contribution in [0, 0.1) is 5.92 Å². The maximum Gasteiger partial charge on any atom is 0.306 e. The van der Waals surface area contributed by atoms with Crippen LogP contribution >= 0.6 is 24.0 Å². The maximum absolute atomic E-state index is 11.7. The van der Waals surface area contributed by atoms with Crippen molar-refractivity contribution >= 4 is 35.9 Å². The van der Waals surface area contributed by atoms with E-state index in [0.717, 1.165) is 51.4 Å². The number of carbonyl (C=O) groups is 1. The van der Waals surface area contributed by atoms with Crippen molar-refractivity contribution in [2.45, 2.75) is 64.9 Å². The number of esters is 1. The molecule has 1 rings (SSSR count). The molecule has 7 heteroatoms. The standard InChI is InChI=1S/C18H35N3O3.HI/c1-15(2)14-23-13-7-12-21-18(19-3)20-11-6-10-17(22)24-16-8-4-5-9-16;/h15-16H,4-14H2,1-3H3,(H2,19,20,21);1H. The molecule has 1 aliphatic carbocycles. The first kappa shape index (κ1) is 24.4. The van der Waals surface area contributed by atoms with Crippen LogP contribution in [0.3, 0.4) is 0 Å². The summed E-state index contributed by atoms with van der Waals surface area (Å²) in [6.45, 7) is 7.39. The second-order valence-electron chi connectivity index (χ2n) is 6.75. The lowest BCUT2D eigenvalue weighted by Crippen LogP contribution is -2.38. The number of halogens is 1. The van der Waals surface area contributed by atoms with Gasteiger partial charge in [0.1, 0.15) is 6.10 Å². The largest absolute Gasteiger partial charge is 0.462 e. The van der Waals surface area contributed by atoms with Gasteiger partial charge in [-0.1, -0.05) is 13.8 Å². The molecule has 1 saturated carbocycles. The number of ether oxygens (including phenoxy) is 2. The van der Waals surface area contributed by atoms with Crippen LogP contribution in [0.15, 0.2) is 4.99 Å². The summed E-state index contributed by atoms with van der Waals surface area (Å²) >= 11 is 0. The highest BCUT2D eigenvalue weighted by atomic mass is 127. The lowest BCUT2D eigenvalue weighted by Gasteiger charge is -2.13. The van der Waals surface area contributed by atoms with Gasteiger partial charge in [0, 0.05) is 39.8 Å². The van der Waals surface area contributed by atoms with Gasteiger partial charge in [-0.15, -0.1) is 24.0 Å². The molecule has 2 N–H and O–H groups in total. The van der Waals surface area contributed by atoms with Crippen molar-refractivity contribution < 1.29 is 14.3 Å². The molecule has 25 heavy (non-hydrogen) atoms. The number of nitrogens with one attached hydrogen (secondary N) is 2. The number of aliphatic imine (C=N–C) groups is 1. The van der Waals surface area contributed by atoms with Crippen LogP contribution in [0.25, 0.3) is 0 Å². The SMILES string of the molecule is CN=C(NCCCOCC(C)C)NCCCC(=O)OC1CCCC1.I. The molecular weight excluding hydrogens is 433 g/mol. The fraction of sp³-hybridized carbons (Fsp3) is 0.889. The van der Waals surface area contributed by atoms with Gasteiger partial charge < -0.3 is 20.1 Å². The quantitative estimate of drug-likeness (QED) is 0.160. The van der Waals surface area contributed by atoms with Gasteiger partial charge in [-0.3, -0.25) is 9.79 Å². The number of rotatable bonds is 11. The van der Waals surface area contributed by atoms with Crippen molar-refractivity contribution in [1.29, 1.82) is 0 Å². The highest BCUT2D eigenvalue weighted by Crippen LogP contribution is 2.21. The van der Waals surface area contributed by atoms with E-state index in [1.165, 1.54) is 12.8 Å². The lowest BCUT2D eigenvalue weighted by molar-refractivity contribution is -0.148. The summed E-state index contributed by atoms with van der Waals surface area (Å²) in [4.78, 5) is 15.9. The Kier molecular flexibility index (Phi) is 15.3. The summed E-state index contributed by atoms with van der Waals surface area (Å²) in [7, 11) is 1.75. The highest BCUT2D eigenvalue weighted by Gasteiger charge is 2.18. The van der Waals surface area contributed by atoms with Gasteiger partial charge in [-0.2, -0.15) is 0 Å². The molecule has 0 bridgehead atoms. The van der Waals surface area contributed by atoms with Gasteiger partial charge >= 0.3 is 5.97 Å².